The van der Waals surface area contributed by atoms with E-state index in [0.29, 0.717) is 28.9 Å². The molecular weight excluding hydrogens is 410 g/mol. The van der Waals surface area contributed by atoms with Crippen LogP contribution in [0, 0.1) is 11.8 Å². The molecule has 1 fully saturated rings. The summed E-state index contributed by atoms with van der Waals surface area (Å²) in [6, 6.07) is 5.29. The topological polar surface area (TPSA) is 82.9 Å². The van der Waals surface area contributed by atoms with E-state index in [2.05, 4.69) is 12.0 Å². The lowest BCUT2D eigenvalue weighted by molar-refractivity contribution is -0.124. The Bertz CT molecular complexity index is 992. The molecule has 1 saturated carbocycles. The van der Waals surface area contributed by atoms with E-state index in [1.165, 1.54) is 0 Å². The summed E-state index contributed by atoms with van der Waals surface area (Å²) in [5.74, 6) is 1.73. The van der Waals surface area contributed by atoms with Gasteiger partial charge in [-0.25, -0.2) is 9.48 Å². The lowest BCUT2D eigenvalue weighted by Gasteiger charge is -2.32. The predicted octanol–water partition coefficient (Wildman–Crippen LogP) is 4.35. The van der Waals surface area contributed by atoms with Gasteiger partial charge in [-0.3, -0.25) is 9.69 Å². The second-order valence-electron chi connectivity index (χ2n) is 8.83. The van der Waals surface area contributed by atoms with Crippen molar-refractivity contribution in [2.24, 2.45) is 11.8 Å². The number of aromatic nitrogens is 2. The Labute approximate surface area is 188 Å². The molecular formula is C24H31N3O5. The molecule has 0 bridgehead atoms. The number of amides is 1. The number of rotatable bonds is 6. The number of benzene rings is 1. The van der Waals surface area contributed by atoms with Crippen molar-refractivity contribution in [3.05, 3.63) is 30.0 Å². The molecule has 1 aromatic carbocycles. The molecule has 1 aliphatic heterocycles. The molecule has 1 amide bonds. The molecule has 2 aromatic rings. The molecule has 8 heteroatoms. The van der Waals surface area contributed by atoms with E-state index in [9.17, 15) is 9.59 Å². The summed E-state index contributed by atoms with van der Waals surface area (Å²) in [6.07, 6.45) is 5.43. The number of carbonyl (C=O) groups is 2. The minimum absolute atomic E-state index is 0.0217. The van der Waals surface area contributed by atoms with Gasteiger partial charge in [0.05, 0.1) is 12.3 Å². The van der Waals surface area contributed by atoms with Gasteiger partial charge in [-0.1, -0.05) is 6.92 Å². The van der Waals surface area contributed by atoms with Crippen LogP contribution in [0.3, 0.4) is 0 Å². The highest BCUT2D eigenvalue weighted by molar-refractivity contribution is 6.02. The van der Waals surface area contributed by atoms with E-state index in [0.717, 1.165) is 25.7 Å². The van der Waals surface area contributed by atoms with Crippen LogP contribution in [0.2, 0.25) is 0 Å². The van der Waals surface area contributed by atoms with Gasteiger partial charge in [-0.05, 0) is 64.5 Å². The Balaban J connectivity index is 1.72. The number of nitrogens with zero attached hydrogens (tertiary/aromatic N) is 3. The third-order valence-corrected chi connectivity index (χ3v) is 6.16. The van der Waals surface area contributed by atoms with Gasteiger partial charge in [0.2, 0.25) is 12.7 Å². The maximum absolute atomic E-state index is 13.6. The Kier molecular flexibility index (Phi) is 6.39. The Morgan fingerprint density at radius 1 is 1.19 bits per heavy atom. The SMILES string of the molecule is CCOC(=O)c1cn(-c2ccc3c(c2)OCO3)nc1N(C(=O)C1CCC(C)CC1)C(C)C. The number of anilines is 1. The van der Waals surface area contributed by atoms with Crippen molar-refractivity contribution in [3.63, 3.8) is 0 Å². The Morgan fingerprint density at radius 3 is 2.59 bits per heavy atom. The molecule has 0 N–H and O–H groups in total. The third-order valence-electron chi connectivity index (χ3n) is 6.16. The lowest BCUT2D eigenvalue weighted by atomic mass is 9.82. The van der Waals surface area contributed by atoms with Crippen molar-refractivity contribution in [2.75, 3.05) is 18.3 Å². The highest BCUT2D eigenvalue weighted by Crippen LogP contribution is 2.35. The van der Waals surface area contributed by atoms with Gasteiger partial charge in [-0.15, -0.1) is 5.10 Å². The van der Waals surface area contributed by atoms with Crippen LogP contribution in [0.15, 0.2) is 24.4 Å². The van der Waals surface area contributed by atoms with E-state index in [1.54, 1.807) is 34.8 Å². The summed E-state index contributed by atoms with van der Waals surface area (Å²) in [5, 5.41) is 4.69. The standard InChI is InChI=1S/C24H31N3O5/c1-5-30-24(29)19-13-26(18-10-11-20-21(12-18)32-14-31-20)25-22(19)27(15(2)3)23(28)17-8-6-16(4)7-9-17/h10-13,15-17H,5-9,14H2,1-4H3. The summed E-state index contributed by atoms with van der Waals surface area (Å²) >= 11 is 0. The zero-order valence-electron chi connectivity index (χ0n) is 19.2. The fourth-order valence-corrected chi connectivity index (χ4v) is 4.36. The van der Waals surface area contributed by atoms with Gasteiger partial charge >= 0.3 is 5.97 Å². The van der Waals surface area contributed by atoms with E-state index in [4.69, 9.17) is 14.2 Å². The van der Waals surface area contributed by atoms with E-state index in [-0.39, 0.29) is 36.8 Å². The maximum Gasteiger partial charge on any atom is 0.343 e. The first-order chi connectivity index (χ1) is 15.4. The van der Waals surface area contributed by atoms with Crippen LogP contribution in [0.5, 0.6) is 11.5 Å². The van der Waals surface area contributed by atoms with Crippen LogP contribution in [-0.2, 0) is 9.53 Å². The van der Waals surface area contributed by atoms with E-state index < -0.39 is 5.97 Å². The smallest absolute Gasteiger partial charge is 0.343 e. The fourth-order valence-electron chi connectivity index (χ4n) is 4.36. The predicted molar refractivity (Wildman–Crippen MR) is 119 cm³/mol. The average molecular weight is 442 g/mol. The van der Waals surface area contributed by atoms with E-state index in [1.807, 2.05) is 19.9 Å². The highest BCUT2D eigenvalue weighted by Gasteiger charge is 2.34. The number of carbonyl (C=O) groups excluding carboxylic acids is 2. The average Bonchev–Trinajstić information content (AvgIpc) is 3.41. The maximum atomic E-state index is 13.6. The Morgan fingerprint density at radius 2 is 1.91 bits per heavy atom. The number of hydrogen-bond donors (Lipinski definition) is 0. The second kappa shape index (κ2) is 9.22. The second-order valence-corrected chi connectivity index (χ2v) is 8.83. The molecule has 0 spiro atoms. The van der Waals surface area contributed by atoms with Crippen molar-refractivity contribution in [2.45, 2.75) is 59.4 Å². The van der Waals surface area contributed by atoms with Crippen LogP contribution in [0.4, 0.5) is 5.82 Å². The van der Waals surface area contributed by atoms with Crippen LogP contribution in [-0.4, -0.2) is 41.1 Å². The molecule has 32 heavy (non-hydrogen) atoms. The van der Waals surface area contributed by atoms with Gasteiger partial charge in [0, 0.05) is 24.2 Å². The summed E-state index contributed by atoms with van der Waals surface area (Å²) in [7, 11) is 0. The first-order valence-corrected chi connectivity index (χ1v) is 11.4. The van der Waals surface area contributed by atoms with Crippen molar-refractivity contribution in [1.29, 1.82) is 0 Å². The molecule has 172 valence electrons. The zero-order chi connectivity index (χ0) is 22.8. The zero-order valence-corrected chi connectivity index (χ0v) is 19.2. The van der Waals surface area contributed by atoms with Crippen LogP contribution in [0.1, 0.15) is 63.7 Å². The molecule has 2 heterocycles. The third kappa shape index (κ3) is 4.31. The van der Waals surface area contributed by atoms with Crippen molar-refractivity contribution in [3.8, 4) is 17.2 Å². The summed E-state index contributed by atoms with van der Waals surface area (Å²) < 4.78 is 17.7. The molecule has 0 unspecified atom stereocenters. The van der Waals surface area contributed by atoms with Crippen LogP contribution < -0.4 is 14.4 Å². The number of hydrogen-bond acceptors (Lipinski definition) is 6. The van der Waals surface area contributed by atoms with Gasteiger partial charge in [0.1, 0.15) is 5.56 Å². The summed E-state index contributed by atoms with van der Waals surface area (Å²) in [5.41, 5.74) is 0.976. The molecule has 1 aliphatic carbocycles. The lowest BCUT2D eigenvalue weighted by Crippen LogP contribution is -2.43. The van der Waals surface area contributed by atoms with Gasteiger partial charge in [-0.2, -0.15) is 0 Å². The van der Waals surface area contributed by atoms with Gasteiger partial charge in [0.25, 0.3) is 0 Å². The van der Waals surface area contributed by atoms with Crippen molar-refractivity contribution >= 4 is 17.7 Å². The van der Waals surface area contributed by atoms with Gasteiger partial charge < -0.3 is 14.2 Å². The largest absolute Gasteiger partial charge is 0.462 e. The molecule has 8 nitrogen and oxygen atoms in total. The van der Waals surface area contributed by atoms with E-state index >= 15 is 0 Å². The normalized spacial score (nSPS) is 19.8. The van der Waals surface area contributed by atoms with Gasteiger partial charge in [0.15, 0.2) is 17.3 Å². The summed E-state index contributed by atoms with van der Waals surface area (Å²) in [4.78, 5) is 28.0. The minimum Gasteiger partial charge on any atom is -0.462 e. The first-order valence-electron chi connectivity index (χ1n) is 11.4. The summed E-state index contributed by atoms with van der Waals surface area (Å²) in [6.45, 7) is 8.29. The number of ether oxygens (including phenoxy) is 3. The highest BCUT2D eigenvalue weighted by atomic mass is 16.7. The molecule has 0 saturated heterocycles. The van der Waals surface area contributed by atoms with Crippen LogP contribution in [0.25, 0.3) is 5.69 Å². The molecule has 0 atom stereocenters. The number of fused-ring (bicyclic) bond motifs is 1. The molecule has 2 aliphatic rings. The quantitative estimate of drug-likeness (QED) is 0.620. The molecule has 1 aromatic heterocycles. The fraction of sp³-hybridized carbons (Fsp3) is 0.542. The monoisotopic (exact) mass is 441 g/mol. The Hall–Kier alpha value is -3.03. The first kappa shape index (κ1) is 22.2. The minimum atomic E-state index is -0.495. The van der Waals surface area contributed by atoms with Crippen molar-refractivity contribution in [1.82, 2.24) is 9.78 Å². The molecule has 0 radical (unpaired) electrons. The van der Waals surface area contributed by atoms with Crippen LogP contribution >= 0.6 is 0 Å². The molecule has 4 rings (SSSR count). The van der Waals surface area contributed by atoms with Crippen molar-refractivity contribution < 1.29 is 23.8 Å². The number of esters is 1.